The van der Waals surface area contributed by atoms with Crippen molar-refractivity contribution < 1.29 is 9.53 Å². The fourth-order valence-corrected chi connectivity index (χ4v) is 2.68. The summed E-state index contributed by atoms with van der Waals surface area (Å²) in [6, 6.07) is 0.295. The van der Waals surface area contributed by atoms with E-state index in [0.717, 1.165) is 25.9 Å². The molecule has 2 unspecified atom stereocenters. The number of carbonyl (C=O) groups is 1. The van der Waals surface area contributed by atoms with Gasteiger partial charge in [0.2, 0.25) is 5.91 Å². The highest BCUT2D eigenvalue weighted by Gasteiger charge is 2.35. The molecule has 1 aliphatic heterocycles. The van der Waals surface area contributed by atoms with Crippen LogP contribution in [0.2, 0.25) is 0 Å². The second-order valence-electron chi connectivity index (χ2n) is 4.31. The molecule has 0 N–H and O–H groups in total. The monoisotopic (exact) mass is 224 g/mol. The highest BCUT2D eigenvalue weighted by atomic mass is 16.5. The molecule has 6 heteroatoms. The number of azide groups is 1. The highest BCUT2D eigenvalue weighted by Crippen LogP contribution is 2.31. The number of nitrogens with zero attached hydrogens (tertiary/aromatic N) is 4. The number of hydrogen-bond donors (Lipinski definition) is 0. The fourth-order valence-electron chi connectivity index (χ4n) is 2.68. The van der Waals surface area contributed by atoms with Gasteiger partial charge in [-0.15, -0.1) is 0 Å². The van der Waals surface area contributed by atoms with Gasteiger partial charge in [-0.05, 0) is 18.4 Å². The highest BCUT2D eigenvalue weighted by molar-refractivity contribution is 5.78. The molecule has 1 saturated heterocycles. The van der Waals surface area contributed by atoms with Crippen molar-refractivity contribution in [3.8, 4) is 0 Å². The molecular weight excluding hydrogens is 208 g/mol. The van der Waals surface area contributed by atoms with Crippen LogP contribution in [0.1, 0.15) is 19.3 Å². The van der Waals surface area contributed by atoms with E-state index in [4.69, 9.17) is 10.3 Å². The maximum Gasteiger partial charge on any atom is 0.228 e. The van der Waals surface area contributed by atoms with E-state index < -0.39 is 0 Å². The molecular formula is C10H16N4O2. The number of hydrogen-bond acceptors (Lipinski definition) is 3. The second kappa shape index (κ2) is 5.18. The van der Waals surface area contributed by atoms with Gasteiger partial charge in [-0.2, -0.15) is 0 Å². The van der Waals surface area contributed by atoms with Crippen molar-refractivity contribution in [1.82, 2.24) is 4.90 Å². The standard InChI is InChI=1S/C10H16N4O2/c11-13-12-6-10(15)14-4-5-16-7-8-2-1-3-9(8)14/h8-9H,1-7H2. The van der Waals surface area contributed by atoms with Crippen molar-refractivity contribution in [2.75, 3.05) is 26.3 Å². The molecule has 0 aromatic heterocycles. The van der Waals surface area contributed by atoms with Gasteiger partial charge < -0.3 is 9.64 Å². The average molecular weight is 224 g/mol. The van der Waals surface area contributed by atoms with E-state index in [0.29, 0.717) is 25.1 Å². The van der Waals surface area contributed by atoms with Gasteiger partial charge in [-0.25, -0.2) is 0 Å². The predicted octanol–water partition coefficient (Wildman–Crippen LogP) is 1.32. The number of ether oxygens (including phenoxy) is 1. The number of rotatable bonds is 2. The van der Waals surface area contributed by atoms with E-state index in [1.54, 1.807) is 0 Å². The lowest BCUT2D eigenvalue weighted by Gasteiger charge is -2.29. The zero-order valence-electron chi connectivity index (χ0n) is 9.21. The van der Waals surface area contributed by atoms with Crippen molar-refractivity contribution in [3.63, 3.8) is 0 Å². The van der Waals surface area contributed by atoms with E-state index in [9.17, 15) is 4.79 Å². The molecule has 2 rings (SSSR count). The molecule has 0 spiro atoms. The van der Waals surface area contributed by atoms with Gasteiger partial charge in [-0.3, -0.25) is 4.79 Å². The molecule has 0 bridgehead atoms. The number of fused-ring (bicyclic) bond motifs is 1. The Balaban J connectivity index is 2.05. The Morgan fingerprint density at radius 1 is 1.56 bits per heavy atom. The molecule has 1 aliphatic carbocycles. The van der Waals surface area contributed by atoms with Crippen LogP contribution in [0.25, 0.3) is 10.4 Å². The second-order valence-corrected chi connectivity index (χ2v) is 4.31. The van der Waals surface area contributed by atoms with E-state index in [-0.39, 0.29) is 12.5 Å². The minimum atomic E-state index is -0.0697. The van der Waals surface area contributed by atoms with Gasteiger partial charge in [0.1, 0.15) is 6.54 Å². The van der Waals surface area contributed by atoms with Gasteiger partial charge >= 0.3 is 0 Å². The third kappa shape index (κ3) is 2.28. The quantitative estimate of drug-likeness (QED) is 0.403. The van der Waals surface area contributed by atoms with E-state index in [2.05, 4.69) is 10.0 Å². The average Bonchev–Trinajstić information content (AvgIpc) is 2.66. The summed E-state index contributed by atoms with van der Waals surface area (Å²) in [5.41, 5.74) is 8.22. The topological polar surface area (TPSA) is 78.3 Å². The summed E-state index contributed by atoms with van der Waals surface area (Å²) in [6.07, 6.45) is 3.34. The maximum absolute atomic E-state index is 11.9. The third-order valence-corrected chi connectivity index (χ3v) is 3.42. The summed E-state index contributed by atoms with van der Waals surface area (Å²) >= 11 is 0. The van der Waals surface area contributed by atoms with Crippen LogP contribution in [0.3, 0.4) is 0 Å². The Labute approximate surface area is 94.2 Å². The van der Waals surface area contributed by atoms with Gasteiger partial charge in [0.25, 0.3) is 0 Å². The van der Waals surface area contributed by atoms with Gasteiger partial charge in [0.05, 0.1) is 13.2 Å². The summed E-state index contributed by atoms with van der Waals surface area (Å²) in [4.78, 5) is 16.3. The number of amides is 1. The Hall–Kier alpha value is -1.26. The molecule has 2 fully saturated rings. The summed E-state index contributed by atoms with van der Waals surface area (Å²) in [7, 11) is 0. The molecule has 16 heavy (non-hydrogen) atoms. The molecule has 2 atom stereocenters. The zero-order chi connectivity index (χ0) is 11.4. The lowest BCUT2D eigenvalue weighted by molar-refractivity contribution is -0.132. The lowest BCUT2D eigenvalue weighted by Crippen LogP contribution is -2.43. The summed E-state index contributed by atoms with van der Waals surface area (Å²) in [6.45, 7) is 1.91. The normalized spacial score (nSPS) is 29.1. The lowest BCUT2D eigenvalue weighted by atomic mass is 10.0. The first kappa shape index (κ1) is 11.2. The van der Waals surface area contributed by atoms with Crippen LogP contribution in [0, 0.1) is 5.92 Å². The minimum Gasteiger partial charge on any atom is -0.379 e. The molecule has 0 aromatic rings. The SMILES string of the molecule is [N-]=[N+]=NCC(=O)N1CCOCC2CCCC21. The molecule has 1 heterocycles. The van der Waals surface area contributed by atoms with Crippen LogP contribution in [0.4, 0.5) is 0 Å². The molecule has 1 amide bonds. The van der Waals surface area contributed by atoms with E-state index in [1.807, 2.05) is 4.90 Å². The van der Waals surface area contributed by atoms with Crippen molar-refractivity contribution in [1.29, 1.82) is 0 Å². The first-order valence-electron chi connectivity index (χ1n) is 5.71. The molecule has 0 aromatic carbocycles. The molecule has 1 saturated carbocycles. The van der Waals surface area contributed by atoms with Crippen LogP contribution >= 0.6 is 0 Å². The third-order valence-electron chi connectivity index (χ3n) is 3.42. The van der Waals surface area contributed by atoms with Crippen LogP contribution in [-0.4, -0.2) is 43.2 Å². The molecule has 6 nitrogen and oxygen atoms in total. The van der Waals surface area contributed by atoms with Crippen LogP contribution in [0.15, 0.2) is 5.11 Å². The first-order chi connectivity index (χ1) is 7.83. The van der Waals surface area contributed by atoms with Crippen molar-refractivity contribution in [2.45, 2.75) is 25.3 Å². The van der Waals surface area contributed by atoms with E-state index in [1.165, 1.54) is 0 Å². The molecule has 0 radical (unpaired) electrons. The zero-order valence-corrected chi connectivity index (χ0v) is 9.21. The molecule has 88 valence electrons. The summed E-state index contributed by atoms with van der Waals surface area (Å²) in [5, 5.41) is 3.34. The van der Waals surface area contributed by atoms with Crippen LogP contribution < -0.4 is 0 Å². The minimum absolute atomic E-state index is 0.0693. The Kier molecular flexibility index (Phi) is 3.64. The Bertz CT molecular complexity index is 314. The summed E-state index contributed by atoms with van der Waals surface area (Å²) in [5.74, 6) is 0.401. The van der Waals surface area contributed by atoms with Gasteiger partial charge in [0.15, 0.2) is 0 Å². The van der Waals surface area contributed by atoms with E-state index >= 15 is 0 Å². The van der Waals surface area contributed by atoms with Gasteiger partial charge in [-0.1, -0.05) is 11.5 Å². The smallest absolute Gasteiger partial charge is 0.228 e. The summed E-state index contributed by atoms with van der Waals surface area (Å²) < 4.78 is 5.50. The van der Waals surface area contributed by atoms with Crippen LogP contribution in [-0.2, 0) is 9.53 Å². The van der Waals surface area contributed by atoms with Crippen molar-refractivity contribution in [2.24, 2.45) is 11.0 Å². The Morgan fingerprint density at radius 3 is 3.25 bits per heavy atom. The number of carbonyl (C=O) groups excluding carboxylic acids is 1. The Morgan fingerprint density at radius 2 is 2.44 bits per heavy atom. The predicted molar refractivity (Wildman–Crippen MR) is 57.7 cm³/mol. The van der Waals surface area contributed by atoms with Crippen molar-refractivity contribution >= 4 is 5.91 Å². The fraction of sp³-hybridized carbons (Fsp3) is 0.900. The van der Waals surface area contributed by atoms with Gasteiger partial charge in [0, 0.05) is 23.4 Å². The van der Waals surface area contributed by atoms with Crippen LogP contribution in [0.5, 0.6) is 0 Å². The maximum atomic E-state index is 11.9. The largest absolute Gasteiger partial charge is 0.379 e. The first-order valence-corrected chi connectivity index (χ1v) is 5.71. The molecule has 2 aliphatic rings. The van der Waals surface area contributed by atoms with Crippen molar-refractivity contribution in [3.05, 3.63) is 10.4 Å².